The van der Waals surface area contributed by atoms with Gasteiger partial charge in [-0.2, -0.15) is 0 Å². The van der Waals surface area contributed by atoms with Gasteiger partial charge in [0.1, 0.15) is 0 Å². The van der Waals surface area contributed by atoms with Crippen LogP contribution in [0.15, 0.2) is 36.5 Å². The second-order valence-electron chi connectivity index (χ2n) is 20.4. The van der Waals surface area contributed by atoms with Gasteiger partial charge in [-0.25, -0.2) is 0 Å². The fraction of sp³-hybridized carbons (Fsp3) is 0.869. The third kappa shape index (κ3) is 53.3. The molecule has 0 aliphatic carbocycles. The molecule has 2 unspecified atom stereocenters. The first-order valence-corrected chi connectivity index (χ1v) is 29.8. The molecule has 0 fully saturated rings. The Bertz CT molecular complexity index is 1090. The molecule has 1 amide bonds. The minimum absolute atomic E-state index is 0.0234. The number of esters is 1. The average molecular weight is 943 g/mol. The molecule has 0 aliphatic heterocycles. The zero-order valence-electron chi connectivity index (χ0n) is 44.9. The summed E-state index contributed by atoms with van der Waals surface area (Å²) in [6.07, 6.45) is 70.0. The van der Waals surface area contributed by atoms with Crippen LogP contribution in [-0.2, 0) is 14.3 Å². The topological polar surface area (TPSA) is 95.9 Å². The molecule has 0 heterocycles. The molecule has 0 rings (SSSR count). The van der Waals surface area contributed by atoms with Crippen LogP contribution in [0.4, 0.5) is 0 Å². The van der Waals surface area contributed by atoms with Gasteiger partial charge in [0, 0.05) is 12.8 Å². The van der Waals surface area contributed by atoms with Gasteiger partial charge >= 0.3 is 5.97 Å². The van der Waals surface area contributed by atoms with Gasteiger partial charge in [0.2, 0.25) is 5.91 Å². The zero-order valence-corrected chi connectivity index (χ0v) is 44.9. The van der Waals surface area contributed by atoms with Crippen LogP contribution in [0.3, 0.4) is 0 Å². The van der Waals surface area contributed by atoms with Crippen LogP contribution in [0.1, 0.15) is 316 Å². The third-order valence-corrected chi connectivity index (χ3v) is 13.7. The fourth-order valence-electron chi connectivity index (χ4n) is 9.10. The van der Waals surface area contributed by atoms with Crippen molar-refractivity contribution in [2.75, 3.05) is 13.2 Å². The Hall–Kier alpha value is -1.92. The maximum atomic E-state index is 12.5. The Labute approximate surface area is 417 Å². The van der Waals surface area contributed by atoms with Crippen molar-refractivity contribution in [2.24, 2.45) is 0 Å². The molecular formula is C61H115NO5. The minimum atomic E-state index is -0.672. The highest BCUT2D eigenvalue weighted by Gasteiger charge is 2.20. The van der Waals surface area contributed by atoms with E-state index in [1.165, 1.54) is 212 Å². The summed E-state index contributed by atoms with van der Waals surface area (Å²) < 4.78 is 5.43. The lowest BCUT2D eigenvalue weighted by atomic mass is 10.0. The summed E-state index contributed by atoms with van der Waals surface area (Å²) in [6.45, 7) is 4.90. The van der Waals surface area contributed by atoms with E-state index in [9.17, 15) is 19.8 Å². The van der Waals surface area contributed by atoms with Crippen molar-refractivity contribution < 1.29 is 24.5 Å². The number of hydrogen-bond acceptors (Lipinski definition) is 5. The van der Waals surface area contributed by atoms with Crippen molar-refractivity contribution in [3.63, 3.8) is 0 Å². The molecule has 67 heavy (non-hydrogen) atoms. The van der Waals surface area contributed by atoms with Crippen LogP contribution >= 0.6 is 0 Å². The van der Waals surface area contributed by atoms with Crippen molar-refractivity contribution >= 4 is 11.9 Å². The molecule has 0 aromatic carbocycles. The van der Waals surface area contributed by atoms with Crippen LogP contribution in [-0.4, -0.2) is 47.4 Å². The maximum Gasteiger partial charge on any atom is 0.305 e. The van der Waals surface area contributed by atoms with E-state index in [4.69, 9.17) is 4.74 Å². The number of nitrogens with one attached hydrogen (secondary N) is 1. The number of hydrogen-bond donors (Lipinski definition) is 3. The maximum absolute atomic E-state index is 12.5. The summed E-state index contributed by atoms with van der Waals surface area (Å²) in [6, 6.07) is -0.550. The second kappa shape index (κ2) is 56.7. The Morgan fingerprint density at radius 3 is 1.18 bits per heavy atom. The molecule has 0 saturated carbocycles. The summed E-state index contributed by atoms with van der Waals surface area (Å²) >= 11 is 0. The number of ether oxygens (including phenoxy) is 1. The standard InChI is InChI=1S/C61H115NO5/c1-3-5-7-9-11-13-15-17-18-19-21-24-27-30-33-37-41-45-49-53-59(64)58(57-63)62-60(65)54-50-46-42-38-34-31-28-25-22-20-23-26-29-32-36-40-44-48-52-56-67-61(66)55-51-47-43-39-35-16-14-12-10-8-6-4-2/h12,14,26,29,32,36,58-59,63-64H,3-11,13,15-25,27-28,30-31,33-35,37-57H2,1-2H3,(H,62,65)/b14-12-,29-26-,36-32-. The predicted molar refractivity (Wildman–Crippen MR) is 292 cm³/mol. The van der Waals surface area contributed by atoms with Crippen LogP contribution < -0.4 is 5.32 Å². The van der Waals surface area contributed by atoms with Crippen molar-refractivity contribution in [1.29, 1.82) is 0 Å². The van der Waals surface area contributed by atoms with E-state index >= 15 is 0 Å². The summed E-state index contributed by atoms with van der Waals surface area (Å²) in [5.74, 6) is -0.0664. The van der Waals surface area contributed by atoms with Gasteiger partial charge in [-0.15, -0.1) is 0 Å². The molecule has 0 aromatic rings. The summed E-state index contributed by atoms with van der Waals surface area (Å²) in [4.78, 5) is 24.5. The summed E-state index contributed by atoms with van der Waals surface area (Å²) in [7, 11) is 0. The van der Waals surface area contributed by atoms with Crippen LogP contribution in [0.2, 0.25) is 0 Å². The number of carbonyl (C=O) groups excluding carboxylic acids is 2. The van der Waals surface area contributed by atoms with Gasteiger partial charge in [-0.1, -0.05) is 256 Å². The first kappa shape index (κ1) is 65.1. The van der Waals surface area contributed by atoms with E-state index in [-0.39, 0.29) is 18.5 Å². The van der Waals surface area contributed by atoms with E-state index < -0.39 is 12.1 Å². The molecular weight excluding hydrogens is 827 g/mol. The summed E-state index contributed by atoms with van der Waals surface area (Å²) in [5, 5.41) is 23.3. The van der Waals surface area contributed by atoms with E-state index in [2.05, 4.69) is 55.6 Å². The molecule has 2 atom stereocenters. The van der Waals surface area contributed by atoms with Gasteiger partial charge < -0.3 is 20.3 Å². The largest absolute Gasteiger partial charge is 0.466 e. The molecule has 394 valence electrons. The highest BCUT2D eigenvalue weighted by Crippen LogP contribution is 2.17. The van der Waals surface area contributed by atoms with Crippen molar-refractivity contribution in [1.82, 2.24) is 5.32 Å². The SMILES string of the molecule is CCCCC/C=C\CCCCCCCC(=O)OCCCCC/C=C\C=C/CCCCCCCCCCCCC(=O)NC(CO)C(O)CCCCCCCCCCCCCCCCCCCCC. The zero-order chi connectivity index (χ0) is 48.6. The molecule has 0 aromatic heterocycles. The third-order valence-electron chi connectivity index (χ3n) is 13.7. The number of amides is 1. The number of allylic oxidation sites excluding steroid dienone is 6. The molecule has 0 bridgehead atoms. The quantitative estimate of drug-likeness (QED) is 0.0244. The van der Waals surface area contributed by atoms with Crippen LogP contribution in [0.25, 0.3) is 0 Å². The van der Waals surface area contributed by atoms with Crippen molar-refractivity contribution in [3.8, 4) is 0 Å². The molecule has 0 spiro atoms. The predicted octanol–water partition coefficient (Wildman–Crippen LogP) is 18.4. The van der Waals surface area contributed by atoms with E-state index in [1.54, 1.807) is 0 Å². The van der Waals surface area contributed by atoms with Crippen LogP contribution in [0, 0.1) is 0 Å². The van der Waals surface area contributed by atoms with Gasteiger partial charge in [0.15, 0.2) is 0 Å². The lowest BCUT2D eigenvalue weighted by Gasteiger charge is -2.22. The van der Waals surface area contributed by atoms with Crippen molar-refractivity contribution in [3.05, 3.63) is 36.5 Å². The Morgan fingerprint density at radius 1 is 0.418 bits per heavy atom. The smallest absolute Gasteiger partial charge is 0.305 e. The second-order valence-corrected chi connectivity index (χ2v) is 20.4. The molecule has 0 aliphatic rings. The average Bonchev–Trinajstić information content (AvgIpc) is 3.33. The molecule has 6 heteroatoms. The molecule has 3 N–H and O–H groups in total. The fourth-order valence-corrected chi connectivity index (χ4v) is 9.10. The lowest BCUT2D eigenvalue weighted by Crippen LogP contribution is -2.45. The van der Waals surface area contributed by atoms with Crippen LogP contribution in [0.5, 0.6) is 0 Å². The highest BCUT2D eigenvalue weighted by molar-refractivity contribution is 5.76. The molecule has 0 radical (unpaired) electrons. The Morgan fingerprint density at radius 2 is 0.746 bits per heavy atom. The van der Waals surface area contributed by atoms with E-state index in [1.807, 2.05) is 0 Å². The van der Waals surface area contributed by atoms with Crippen molar-refractivity contribution in [2.45, 2.75) is 328 Å². The number of carbonyl (C=O) groups is 2. The first-order valence-electron chi connectivity index (χ1n) is 29.8. The van der Waals surface area contributed by atoms with E-state index in [0.717, 1.165) is 70.6 Å². The molecule has 0 saturated heterocycles. The lowest BCUT2D eigenvalue weighted by molar-refractivity contribution is -0.143. The number of aliphatic hydroxyl groups is 2. The molecule has 6 nitrogen and oxygen atoms in total. The number of rotatable bonds is 55. The first-order chi connectivity index (χ1) is 33.0. The Balaban J connectivity index is 3.49. The van der Waals surface area contributed by atoms with Gasteiger partial charge in [0.05, 0.1) is 25.4 Å². The Kier molecular flexibility index (Phi) is 55.0. The normalized spacial score (nSPS) is 12.8. The van der Waals surface area contributed by atoms with E-state index in [0.29, 0.717) is 25.9 Å². The summed E-state index contributed by atoms with van der Waals surface area (Å²) in [5.41, 5.74) is 0. The van der Waals surface area contributed by atoms with Gasteiger partial charge in [-0.3, -0.25) is 9.59 Å². The van der Waals surface area contributed by atoms with Gasteiger partial charge in [0.25, 0.3) is 0 Å². The van der Waals surface area contributed by atoms with Gasteiger partial charge in [-0.05, 0) is 83.5 Å². The number of unbranched alkanes of at least 4 members (excludes halogenated alkanes) is 39. The monoisotopic (exact) mass is 942 g/mol. The minimum Gasteiger partial charge on any atom is -0.466 e. The number of aliphatic hydroxyl groups excluding tert-OH is 2. The highest BCUT2D eigenvalue weighted by atomic mass is 16.5.